The Morgan fingerprint density at radius 2 is 1.88 bits per heavy atom. The van der Waals surface area contributed by atoms with Crippen LogP contribution < -0.4 is 10.2 Å². The van der Waals surface area contributed by atoms with E-state index in [4.69, 9.17) is 0 Å². The van der Waals surface area contributed by atoms with Crippen LogP contribution in [0.5, 0.6) is 0 Å². The normalized spacial score (nSPS) is 22.7. The number of rotatable bonds is 4. The predicted octanol–water partition coefficient (Wildman–Crippen LogP) is 4.25. The molecule has 0 radical (unpaired) electrons. The molecule has 1 N–H and O–H groups in total. The van der Waals surface area contributed by atoms with Crippen molar-refractivity contribution in [1.82, 2.24) is 20.1 Å². The first-order valence-corrected chi connectivity index (χ1v) is 10.5. The molecular weight excluding hydrogens is 419 g/mol. The van der Waals surface area contributed by atoms with E-state index in [1.54, 1.807) is 6.20 Å². The van der Waals surface area contributed by atoms with Gasteiger partial charge >= 0.3 is 6.18 Å². The van der Waals surface area contributed by atoms with Crippen molar-refractivity contribution in [3.8, 4) is 0 Å². The molecule has 4 heterocycles. The van der Waals surface area contributed by atoms with E-state index in [0.29, 0.717) is 11.3 Å². The van der Waals surface area contributed by atoms with E-state index in [2.05, 4.69) is 28.4 Å². The van der Waals surface area contributed by atoms with Crippen LogP contribution in [0.3, 0.4) is 0 Å². The van der Waals surface area contributed by atoms with E-state index in [-0.39, 0.29) is 5.91 Å². The number of amides is 1. The molecule has 1 unspecified atom stereocenters. The highest BCUT2D eigenvalue weighted by Crippen LogP contribution is 2.49. The van der Waals surface area contributed by atoms with Gasteiger partial charge in [-0.25, -0.2) is 0 Å². The van der Waals surface area contributed by atoms with Crippen molar-refractivity contribution in [2.24, 2.45) is 0 Å². The van der Waals surface area contributed by atoms with Gasteiger partial charge in [-0.15, -0.1) is 0 Å². The SMILES string of the molecule is CCc1cncc(C2=CC(C)=C3C(=O)N(c4cnn(CC(F)(F)F)c4)C(C)(C)C3(C)N2)c1. The van der Waals surface area contributed by atoms with E-state index in [1.807, 2.05) is 40.0 Å². The van der Waals surface area contributed by atoms with Crippen LogP contribution in [0.15, 0.2) is 48.1 Å². The lowest BCUT2D eigenvalue weighted by Gasteiger charge is -2.45. The number of carbonyl (C=O) groups excluding carboxylic acids is 1. The first-order valence-electron chi connectivity index (χ1n) is 10.5. The third-order valence-electron chi connectivity index (χ3n) is 6.57. The highest BCUT2D eigenvalue weighted by atomic mass is 19.4. The largest absolute Gasteiger partial charge is 0.408 e. The van der Waals surface area contributed by atoms with Gasteiger partial charge in [-0.1, -0.05) is 6.92 Å². The third-order valence-corrected chi connectivity index (χ3v) is 6.57. The van der Waals surface area contributed by atoms with Crippen LogP contribution in [0.2, 0.25) is 0 Å². The zero-order chi connectivity index (χ0) is 23.5. The molecule has 2 aliphatic rings. The maximum atomic E-state index is 13.5. The molecule has 1 amide bonds. The number of hydrogen-bond acceptors (Lipinski definition) is 4. The lowest BCUT2D eigenvalue weighted by Crippen LogP contribution is -2.60. The van der Waals surface area contributed by atoms with Crippen molar-refractivity contribution in [2.75, 3.05) is 4.90 Å². The molecule has 1 fully saturated rings. The Morgan fingerprint density at radius 1 is 1.16 bits per heavy atom. The summed E-state index contributed by atoms with van der Waals surface area (Å²) in [6.45, 7) is 8.50. The summed E-state index contributed by atoms with van der Waals surface area (Å²) in [5.74, 6) is -0.246. The summed E-state index contributed by atoms with van der Waals surface area (Å²) in [6, 6.07) is 2.07. The second-order valence-electron chi connectivity index (χ2n) is 9.01. The summed E-state index contributed by atoms with van der Waals surface area (Å²) in [6.07, 6.45) is 4.57. The number of anilines is 1. The molecule has 2 aromatic heterocycles. The molecule has 6 nitrogen and oxygen atoms in total. The monoisotopic (exact) mass is 445 g/mol. The van der Waals surface area contributed by atoms with Gasteiger partial charge in [0.1, 0.15) is 6.54 Å². The van der Waals surface area contributed by atoms with Crippen LogP contribution in [-0.4, -0.2) is 37.9 Å². The maximum absolute atomic E-state index is 13.5. The molecule has 0 bridgehead atoms. The highest BCUT2D eigenvalue weighted by Gasteiger charge is 2.60. The fourth-order valence-corrected chi connectivity index (χ4v) is 4.64. The maximum Gasteiger partial charge on any atom is 0.408 e. The Hall–Kier alpha value is -3.10. The van der Waals surface area contributed by atoms with Gasteiger partial charge in [0.25, 0.3) is 5.91 Å². The number of nitrogens with one attached hydrogen (secondary N) is 1. The van der Waals surface area contributed by atoms with Gasteiger partial charge < -0.3 is 5.32 Å². The Morgan fingerprint density at radius 3 is 2.53 bits per heavy atom. The average Bonchev–Trinajstić information content (AvgIpc) is 3.18. The van der Waals surface area contributed by atoms with Crippen molar-refractivity contribution >= 4 is 17.3 Å². The number of alkyl halides is 3. The van der Waals surface area contributed by atoms with Crippen molar-refractivity contribution in [3.05, 3.63) is 59.2 Å². The Labute approximate surface area is 184 Å². The predicted molar refractivity (Wildman–Crippen MR) is 116 cm³/mol. The van der Waals surface area contributed by atoms with Gasteiger partial charge in [0, 0.05) is 35.4 Å². The van der Waals surface area contributed by atoms with Crippen LogP contribution in [0.1, 0.15) is 45.7 Å². The van der Waals surface area contributed by atoms with E-state index >= 15 is 0 Å². The van der Waals surface area contributed by atoms with Crippen LogP contribution in [0, 0.1) is 0 Å². The molecule has 1 saturated heterocycles. The second kappa shape index (κ2) is 7.21. The molecule has 2 aliphatic heterocycles. The van der Waals surface area contributed by atoms with Gasteiger partial charge in [0.2, 0.25) is 0 Å². The van der Waals surface area contributed by atoms with Gasteiger partial charge in [-0.3, -0.25) is 19.4 Å². The second-order valence-corrected chi connectivity index (χ2v) is 9.01. The van der Waals surface area contributed by atoms with Gasteiger partial charge in [-0.2, -0.15) is 18.3 Å². The summed E-state index contributed by atoms with van der Waals surface area (Å²) in [4.78, 5) is 19.4. The number of dihydropyridines is 1. The van der Waals surface area contributed by atoms with E-state index in [9.17, 15) is 18.0 Å². The minimum atomic E-state index is -4.39. The Bertz CT molecular complexity index is 1140. The van der Waals surface area contributed by atoms with E-state index in [0.717, 1.165) is 33.5 Å². The highest BCUT2D eigenvalue weighted by molar-refractivity contribution is 6.13. The van der Waals surface area contributed by atoms with E-state index < -0.39 is 23.8 Å². The molecule has 32 heavy (non-hydrogen) atoms. The molecule has 0 aromatic carbocycles. The molecular formula is C23H26F3N5O. The standard InChI is InChI=1S/C23H26F3N5O/c1-6-15-8-16(10-27-9-15)18-7-14(2)19-20(32)31(21(3,4)22(19,5)29-18)17-11-28-30(12-17)13-23(24,25)26/h7-12,29H,6,13H2,1-5H3. The number of aryl methyl sites for hydroxylation is 1. The van der Waals surface area contributed by atoms with Crippen LogP contribution in [0.25, 0.3) is 5.70 Å². The summed E-state index contributed by atoms with van der Waals surface area (Å²) < 4.78 is 39.2. The molecule has 0 saturated carbocycles. The number of fused-ring (bicyclic) bond motifs is 1. The smallest absolute Gasteiger partial charge is 0.373 e. The van der Waals surface area contributed by atoms with Crippen LogP contribution >= 0.6 is 0 Å². The lowest BCUT2D eigenvalue weighted by molar-refractivity contribution is -0.142. The molecule has 4 rings (SSSR count). The van der Waals surface area contributed by atoms with Gasteiger partial charge in [-0.05, 0) is 57.4 Å². The molecule has 0 spiro atoms. The average molecular weight is 445 g/mol. The zero-order valence-electron chi connectivity index (χ0n) is 18.7. The molecule has 9 heteroatoms. The van der Waals surface area contributed by atoms with Gasteiger partial charge in [0.05, 0.1) is 23.0 Å². The molecule has 2 aromatic rings. The fourth-order valence-electron chi connectivity index (χ4n) is 4.64. The van der Waals surface area contributed by atoms with Crippen LogP contribution in [0.4, 0.5) is 18.9 Å². The number of carbonyl (C=O) groups is 1. The number of aromatic nitrogens is 3. The number of allylic oxidation sites excluding steroid dienone is 2. The first-order chi connectivity index (χ1) is 14.9. The topological polar surface area (TPSA) is 63.1 Å². The molecule has 1 atom stereocenters. The van der Waals surface area contributed by atoms with Crippen LogP contribution in [-0.2, 0) is 17.8 Å². The first kappa shape index (κ1) is 22.1. The van der Waals surface area contributed by atoms with Crippen molar-refractivity contribution in [1.29, 1.82) is 0 Å². The quantitative estimate of drug-likeness (QED) is 0.765. The van der Waals surface area contributed by atoms with Crippen molar-refractivity contribution in [3.63, 3.8) is 0 Å². The van der Waals surface area contributed by atoms with Crippen molar-refractivity contribution < 1.29 is 18.0 Å². The Balaban J connectivity index is 1.74. The fraction of sp³-hybridized carbons (Fsp3) is 0.435. The molecule has 0 aliphatic carbocycles. The minimum Gasteiger partial charge on any atom is -0.373 e. The third kappa shape index (κ3) is 3.40. The number of halogens is 3. The zero-order valence-corrected chi connectivity index (χ0v) is 18.7. The minimum absolute atomic E-state index is 0.246. The number of hydrogen-bond donors (Lipinski definition) is 1. The number of nitrogens with zero attached hydrogens (tertiary/aromatic N) is 4. The number of pyridine rings is 1. The van der Waals surface area contributed by atoms with Gasteiger partial charge in [0.15, 0.2) is 0 Å². The summed E-state index contributed by atoms with van der Waals surface area (Å²) >= 11 is 0. The van der Waals surface area contributed by atoms with E-state index in [1.165, 1.54) is 17.3 Å². The summed E-state index contributed by atoms with van der Waals surface area (Å²) in [5, 5.41) is 7.38. The molecule has 170 valence electrons. The Kier molecular flexibility index (Phi) is 4.98. The summed E-state index contributed by atoms with van der Waals surface area (Å²) in [7, 11) is 0. The lowest BCUT2D eigenvalue weighted by atomic mass is 9.75. The summed E-state index contributed by atoms with van der Waals surface area (Å²) in [5.41, 5.74) is 3.03. The van der Waals surface area contributed by atoms with Crippen molar-refractivity contribution in [2.45, 2.75) is 64.8 Å².